The molecule has 11 heteroatoms. The third-order valence-corrected chi connectivity index (χ3v) is 4.84. The van der Waals surface area contributed by atoms with E-state index >= 15 is 0 Å². The van der Waals surface area contributed by atoms with Crippen molar-refractivity contribution in [3.8, 4) is 11.5 Å². The molecule has 0 saturated heterocycles. The van der Waals surface area contributed by atoms with Crippen molar-refractivity contribution in [2.75, 3.05) is 25.7 Å². The highest BCUT2D eigenvalue weighted by atomic mass is 35.5. The van der Waals surface area contributed by atoms with E-state index in [-0.39, 0.29) is 24.7 Å². The second-order valence-corrected chi connectivity index (χ2v) is 9.72. The predicted octanol–water partition coefficient (Wildman–Crippen LogP) is 2.62. The van der Waals surface area contributed by atoms with E-state index in [1.807, 2.05) is 30.3 Å². The number of ether oxygens (including phenoxy) is 2. The van der Waals surface area contributed by atoms with Gasteiger partial charge in [-0.05, 0) is 17.7 Å². The second kappa shape index (κ2) is 10.3. The van der Waals surface area contributed by atoms with Crippen LogP contribution in [0.3, 0.4) is 0 Å². The van der Waals surface area contributed by atoms with Crippen LogP contribution in [0.15, 0.2) is 48.5 Å². The maximum absolute atomic E-state index is 11.4. The van der Waals surface area contributed by atoms with Gasteiger partial charge in [0.15, 0.2) is 11.5 Å². The minimum atomic E-state index is -3.87. The summed E-state index contributed by atoms with van der Waals surface area (Å²) >= 11 is 6.20. The Kier molecular flexibility index (Phi) is 8.29. The number of hydrogen-bond acceptors (Lipinski definition) is 8. The van der Waals surface area contributed by atoms with Crippen LogP contribution in [0.5, 0.6) is 11.5 Å². The highest BCUT2D eigenvalue weighted by Gasteiger charge is 2.21. The fourth-order valence-electron chi connectivity index (χ4n) is 2.21. The van der Waals surface area contributed by atoms with Crippen LogP contribution in [0, 0.1) is 0 Å². The molecule has 29 heavy (non-hydrogen) atoms. The topological polar surface area (TPSA) is 105 Å². The molecular weight excluding hydrogens is 444 g/mol. The molecule has 0 saturated carbocycles. The van der Waals surface area contributed by atoms with Crippen molar-refractivity contribution in [2.45, 2.75) is 12.7 Å². The zero-order chi connectivity index (χ0) is 21.5. The molecule has 0 N–H and O–H groups in total. The average Bonchev–Trinajstić information content (AvgIpc) is 2.62. The number of hydrogen-bond donors (Lipinski definition) is 0. The summed E-state index contributed by atoms with van der Waals surface area (Å²) < 4.78 is 66.1. The SMILES string of the molecule is CS(=O)(=O)OC[C@@H](COc1cccc(Cl)c1OCc1ccccc1)OS(C)(=O)=O. The molecule has 2 aromatic rings. The molecule has 0 spiro atoms. The Morgan fingerprint density at radius 3 is 2.17 bits per heavy atom. The molecule has 0 heterocycles. The highest BCUT2D eigenvalue weighted by Crippen LogP contribution is 2.35. The van der Waals surface area contributed by atoms with Gasteiger partial charge in [0.2, 0.25) is 0 Å². The molecule has 160 valence electrons. The molecular formula is C18H21ClO8S2. The Morgan fingerprint density at radius 1 is 0.862 bits per heavy atom. The number of benzene rings is 2. The third kappa shape index (κ3) is 9.01. The van der Waals surface area contributed by atoms with Crippen LogP contribution in [-0.4, -0.2) is 48.7 Å². The van der Waals surface area contributed by atoms with Crippen LogP contribution in [-0.2, 0) is 35.2 Å². The molecule has 2 rings (SSSR count). The summed E-state index contributed by atoms with van der Waals surface area (Å²) in [6.07, 6.45) is 0.493. The van der Waals surface area contributed by atoms with Crippen LogP contribution in [0.1, 0.15) is 5.56 Å². The molecule has 2 aromatic carbocycles. The molecule has 8 nitrogen and oxygen atoms in total. The van der Waals surface area contributed by atoms with Gasteiger partial charge in [0, 0.05) is 0 Å². The van der Waals surface area contributed by atoms with Gasteiger partial charge in [0.25, 0.3) is 20.2 Å². The lowest BCUT2D eigenvalue weighted by Crippen LogP contribution is -2.30. The monoisotopic (exact) mass is 464 g/mol. The number of para-hydroxylation sites is 1. The van der Waals surface area contributed by atoms with Crippen molar-refractivity contribution in [1.82, 2.24) is 0 Å². The summed E-state index contributed by atoms with van der Waals surface area (Å²) in [4.78, 5) is 0. The molecule has 1 atom stereocenters. The summed E-state index contributed by atoms with van der Waals surface area (Å²) in [5, 5.41) is 0.298. The smallest absolute Gasteiger partial charge is 0.264 e. The number of halogens is 1. The molecule has 0 amide bonds. The van der Waals surface area contributed by atoms with Crippen LogP contribution in [0.2, 0.25) is 5.02 Å². The van der Waals surface area contributed by atoms with Crippen molar-refractivity contribution in [1.29, 1.82) is 0 Å². The maximum atomic E-state index is 11.4. The largest absolute Gasteiger partial charge is 0.487 e. The van der Waals surface area contributed by atoms with E-state index in [1.54, 1.807) is 18.2 Å². The van der Waals surface area contributed by atoms with Gasteiger partial charge in [-0.2, -0.15) is 16.8 Å². The molecule has 0 aliphatic carbocycles. The summed E-state index contributed by atoms with van der Waals surface area (Å²) in [5.41, 5.74) is 0.915. The van der Waals surface area contributed by atoms with Gasteiger partial charge >= 0.3 is 0 Å². The third-order valence-electron chi connectivity index (χ3n) is 3.36. The second-order valence-electron chi connectivity index (χ2n) is 6.06. The Labute approximate surface area is 175 Å². The highest BCUT2D eigenvalue weighted by molar-refractivity contribution is 7.86. The van der Waals surface area contributed by atoms with Gasteiger partial charge in [-0.3, -0.25) is 8.37 Å². The van der Waals surface area contributed by atoms with E-state index in [9.17, 15) is 16.8 Å². The normalized spacial score (nSPS) is 13.1. The minimum Gasteiger partial charge on any atom is -0.487 e. The fourth-order valence-corrected chi connectivity index (χ4v) is 3.43. The van der Waals surface area contributed by atoms with Crippen LogP contribution >= 0.6 is 11.6 Å². The van der Waals surface area contributed by atoms with Crippen LogP contribution in [0.25, 0.3) is 0 Å². The first-order valence-corrected chi connectivity index (χ1v) is 12.4. The first-order chi connectivity index (χ1) is 13.5. The summed E-state index contributed by atoms with van der Waals surface area (Å²) in [5.74, 6) is 0.509. The molecule has 0 fully saturated rings. The maximum Gasteiger partial charge on any atom is 0.264 e. The quantitative estimate of drug-likeness (QED) is 0.467. The summed E-state index contributed by atoms with van der Waals surface area (Å²) in [6, 6.07) is 14.2. The Hall–Kier alpha value is -1.85. The van der Waals surface area contributed by atoms with Crippen molar-refractivity contribution >= 4 is 31.8 Å². The lowest BCUT2D eigenvalue weighted by molar-refractivity contribution is 0.0879. The Morgan fingerprint density at radius 2 is 1.55 bits per heavy atom. The van der Waals surface area contributed by atoms with Gasteiger partial charge in [-0.1, -0.05) is 48.0 Å². The van der Waals surface area contributed by atoms with Crippen molar-refractivity contribution < 1.29 is 34.7 Å². The van der Waals surface area contributed by atoms with E-state index in [0.717, 1.165) is 18.1 Å². The molecule has 0 bridgehead atoms. The number of rotatable bonds is 11. The first kappa shape index (κ1) is 23.4. The van der Waals surface area contributed by atoms with Gasteiger partial charge in [0.05, 0.1) is 24.1 Å². The molecule has 0 radical (unpaired) electrons. The molecule has 0 aliphatic heterocycles. The van der Waals surface area contributed by atoms with Crippen molar-refractivity contribution in [2.24, 2.45) is 0 Å². The molecule has 0 unspecified atom stereocenters. The van der Waals surface area contributed by atoms with Crippen molar-refractivity contribution in [3.63, 3.8) is 0 Å². The molecule has 0 aromatic heterocycles. The lowest BCUT2D eigenvalue weighted by atomic mass is 10.2. The lowest BCUT2D eigenvalue weighted by Gasteiger charge is -2.19. The zero-order valence-electron chi connectivity index (χ0n) is 15.8. The van der Waals surface area contributed by atoms with Gasteiger partial charge in [-0.15, -0.1) is 0 Å². The van der Waals surface area contributed by atoms with E-state index in [4.69, 9.17) is 25.3 Å². The van der Waals surface area contributed by atoms with Gasteiger partial charge in [-0.25, -0.2) is 0 Å². The first-order valence-electron chi connectivity index (χ1n) is 8.34. The average molecular weight is 465 g/mol. The van der Waals surface area contributed by atoms with E-state index in [2.05, 4.69) is 4.18 Å². The standard InChI is InChI=1S/C18H21ClO8S2/c1-28(20,21)26-13-15(27-29(2,22)23)12-24-17-10-6-9-16(19)18(17)25-11-14-7-4-3-5-8-14/h3-10,15H,11-13H2,1-2H3/t15-/m1/s1. The summed E-state index contributed by atoms with van der Waals surface area (Å²) in [6.45, 7) is -0.612. The summed E-state index contributed by atoms with van der Waals surface area (Å²) in [7, 11) is -7.66. The van der Waals surface area contributed by atoms with Crippen molar-refractivity contribution in [3.05, 3.63) is 59.1 Å². The zero-order valence-corrected chi connectivity index (χ0v) is 18.2. The predicted molar refractivity (Wildman–Crippen MR) is 108 cm³/mol. The van der Waals surface area contributed by atoms with E-state index < -0.39 is 32.9 Å². The molecule has 0 aliphatic rings. The Bertz CT molecular complexity index is 1010. The van der Waals surface area contributed by atoms with Gasteiger partial charge < -0.3 is 9.47 Å². The van der Waals surface area contributed by atoms with Crippen LogP contribution in [0.4, 0.5) is 0 Å². The van der Waals surface area contributed by atoms with Gasteiger partial charge in [0.1, 0.15) is 19.3 Å². The minimum absolute atomic E-state index is 0.237. The van der Waals surface area contributed by atoms with E-state index in [0.29, 0.717) is 5.02 Å². The Balaban J connectivity index is 2.10. The van der Waals surface area contributed by atoms with Crippen LogP contribution < -0.4 is 9.47 Å². The fraction of sp³-hybridized carbons (Fsp3) is 0.333. The van der Waals surface area contributed by atoms with E-state index in [1.165, 1.54) is 0 Å².